The normalized spacial score (nSPS) is 12.4. The van der Waals surface area contributed by atoms with Gasteiger partial charge < -0.3 is 5.32 Å². The minimum absolute atomic E-state index is 0.0469. The summed E-state index contributed by atoms with van der Waals surface area (Å²) in [4.78, 5) is 0. The highest BCUT2D eigenvalue weighted by Crippen LogP contribution is 2.23. The van der Waals surface area contributed by atoms with Crippen molar-refractivity contribution < 1.29 is 8.78 Å². The van der Waals surface area contributed by atoms with Gasteiger partial charge in [-0.15, -0.1) is 6.58 Å². The van der Waals surface area contributed by atoms with Gasteiger partial charge >= 0.3 is 0 Å². The molecular formula is C15H21F2N. The Labute approximate surface area is 108 Å². The van der Waals surface area contributed by atoms with Crippen LogP contribution in [0.15, 0.2) is 30.9 Å². The highest BCUT2D eigenvalue weighted by Gasteiger charge is 2.13. The molecule has 1 unspecified atom stereocenters. The number of hydrogen-bond donors (Lipinski definition) is 1. The molecule has 0 fully saturated rings. The first kappa shape index (κ1) is 14.8. The fourth-order valence-corrected chi connectivity index (χ4v) is 2.05. The summed E-state index contributed by atoms with van der Waals surface area (Å²) in [7, 11) is 1.80. The molecule has 1 rings (SSSR count). The third-order valence-corrected chi connectivity index (χ3v) is 3.09. The van der Waals surface area contributed by atoms with Crippen LogP contribution in [0, 0.1) is 11.6 Å². The zero-order valence-electron chi connectivity index (χ0n) is 10.9. The molecule has 0 amide bonds. The summed E-state index contributed by atoms with van der Waals surface area (Å²) < 4.78 is 26.5. The molecule has 0 saturated heterocycles. The fourth-order valence-electron chi connectivity index (χ4n) is 2.05. The minimum atomic E-state index is -0.530. The maximum atomic E-state index is 13.6. The van der Waals surface area contributed by atoms with E-state index in [1.807, 2.05) is 6.08 Å². The molecule has 0 saturated carbocycles. The number of rotatable bonds is 8. The van der Waals surface area contributed by atoms with E-state index in [1.165, 1.54) is 12.1 Å². The van der Waals surface area contributed by atoms with Crippen molar-refractivity contribution in [1.82, 2.24) is 5.32 Å². The van der Waals surface area contributed by atoms with E-state index in [4.69, 9.17) is 0 Å². The van der Waals surface area contributed by atoms with E-state index in [0.717, 1.165) is 38.2 Å². The average molecular weight is 253 g/mol. The molecule has 1 nitrogen and oxygen atoms in total. The quantitative estimate of drug-likeness (QED) is 0.536. The molecule has 18 heavy (non-hydrogen) atoms. The zero-order chi connectivity index (χ0) is 13.4. The average Bonchev–Trinajstić information content (AvgIpc) is 2.35. The second-order valence-corrected chi connectivity index (χ2v) is 4.43. The van der Waals surface area contributed by atoms with Gasteiger partial charge in [-0.2, -0.15) is 0 Å². The number of halogens is 2. The van der Waals surface area contributed by atoms with Crippen LogP contribution < -0.4 is 5.32 Å². The van der Waals surface area contributed by atoms with Crippen molar-refractivity contribution in [2.24, 2.45) is 0 Å². The van der Waals surface area contributed by atoms with Crippen LogP contribution >= 0.6 is 0 Å². The van der Waals surface area contributed by atoms with Gasteiger partial charge in [0.1, 0.15) is 11.6 Å². The van der Waals surface area contributed by atoms with Crippen LogP contribution in [0.3, 0.4) is 0 Å². The Morgan fingerprint density at radius 2 is 2.06 bits per heavy atom. The third kappa shape index (κ3) is 4.57. The molecular weight excluding hydrogens is 232 g/mol. The van der Waals surface area contributed by atoms with Crippen molar-refractivity contribution in [2.75, 3.05) is 7.05 Å². The van der Waals surface area contributed by atoms with Gasteiger partial charge in [0.25, 0.3) is 0 Å². The highest BCUT2D eigenvalue weighted by molar-refractivity contribution is 5.22. The van der Waals surface area contributed by atoms with E-state index in [9.17, 15) is 8.78 Å². The van der Waals surface area contributed by atoms with Crippen LogP contribution in [0.1, 0.15) is 43.7 Å². The molecule has 1 aromatic carbocycles. The van der Waals surface area contributed by atoms with Crippen LogP contribution in [0.2, 0.25) is 0 Å². The van der Waals surface area contributed by atoms with Crippen molar-refractivity contribution in [2.45, 2.75) is 38.1 Å². The van der Waals surface area contributed by atoms with E-state index in [-0.39, 0.29) is 6.04 Å². The summed E-state index contributed by atoms with van der Waals surface area (Å²) in [5.41, 5.74) is 0.544. The number of unbranched alkanes of at least 4 members (excludes halogenated alkanes) is 3. The van der Waals surface area contributed by atoms with E-state index in [0.29, 0.717) is 5.56 Å². The summed E-state index contributed by atoms with van der Waals surface area (Å²) >= 11 is 0. The molecule has 0 bridgehead atoms. The SMILES string of the molecule is C=CCCCCCC(NC)c1ccc(F)cc1F. The van der Waals surface area contributed by atoms with Gasteiger partial charge in [0, 0.05) is 17.7 Å². The molecule has 0 aliphatic heterocycles. The lowest BCUT2D eigenvalue weighted by Gasteiger charge is -2.17. The van der Waals surface area contributed by atoms with Gasteiger partial charge in [0.05, 0.1) is 0 Å². The van der Waals surface area contributed by atoms with Crippen LogP contribution in [-0.4, -0.2) is 7.05 Å². The molecule has 0 spiro atoms. The predicted molar refractivity (Wildman–Crippen MR) is 71.4 cm³/mol. The number of allylic oxidation sites excluding steroid dienone is 1. The molecule has 1 N–H and O–H groups in total. The van der Waals surface area contributed by atoms with Gasteiger partial charge in [-0.3, -0.25) is 0 Å². The molecule has 3 heteroatoms. The summed E-state index contributed by atoms with van der Waals surface area (Å²) in [6.45, 7) is 3.68. The van der Waals surface area contributed by atoms with Crippen LogP contribution in [0.25, 0.3) is 0 Å². The van der Waals surface area contributed by atoms with Gasteiger partial charge in [0.15, 0.2) is 0 Å². The number of benzene rings is 1. The van der Waals surface area contributed by atoms with Crippen molar-refractivity contribution in [3.8, 4) is 0 Å². The first-order valence-electron chi connectivity index (χ1n) is 6.42. The minimum Gasteiger partial charge on any atom is -0.313 e. The Morgan fingerprint density at radius 3 is 2.67 bits per heavy atom. The highest BCUT2D eigenvalue weighted by atomic mass is 19.1. The fraction of sp³-hybridized carbons (Fsp3) is 0.467. The van der Waals surface area contributed by atoms with Gasteiger partial charge in [-0.05, 0) is 32.4 Å². The van der Waals surface area contributed by atoms with Crippen molar-refractivity contribution in [3.05, 3.63) is 48.1 Å². The molecule has 0 radical (unpaired) electrons. The standard InChI is InChI=1S/C15H21F2N/c1-3-4-5-6-7-8-15(18-2)13-10-9-12(16)11-14(13)17/h3,9-11,15,18H,1,4-8H2,2H3. The maximum Gasteiger partial charge on any atom is 0.130 e. The monoisotopic (exact) mass is 253 g/mol. The zero-order valence-corrected chi connectivity index (χ0v) is 10.9. The Balaban J connectivity index is 2.52. The van der Waals surface area contributed by atoms with Crippen molar-refractivity contribution in [1.29, 1.82) is 0 Å². The van der Waals surface area contributed by atoms with Crippen molar-refractivity contribution >= 4 is 0 Å². The van der Waals surface area contributed by atoms with E-state index in [1.54, 1.807) is 7.05 Å². The second kappa shape index (κ2) is 7.98. The summed E-state index contributed by atoms with van der Waals surface area (Å²) in [5, 5.41) is 3.09. The Bertz CT molecular complexity index is 377. The molecule has 0 heterocycles. The third-order valence-electron chi connectivity index (χ3n) is 3.09. The lowest BCUT2D eigenvalue weighted by atomic mass is 9.99. The van der Waals surface area contributed by atoms with Crippen LogP contribution in [0.5, 0.6) is 0 Å². The first-order valence-corrected chi connectivity index (χ1v) is 6.42. The van der Waals surface area contributed by atoms with Crippen LogP contribution in [0.4, 0.5) is 8.78 Å². The number of nitrogens with one attached hydrogen (secondary N) is 1. The molecule has 1 aromatic rings. The second-order valence-electron chi connectivity index (χ2n) is 4.43. The predicted octanol–water partition coefficient (Wildman–Crippen LogP) is 4.36. The Kier molecular flexibility index (Phi) is 6.58. The largest absolute Gasteiger partial charge is 0.313 e. The summed E-state index contributed by atoms with van der Waals surface area (Å²) in [5.74, 6) is -1.00. The molecule has 1 atom stereocenters. The number of hydrogen-bond acceptors (Lipinski definition) is 1. The van der Waals surface area contributed by atoms with Crippen molar-refractivity contribution in [3.63, 3.8) is 0 Å². The van der Waals surface area contributed by atoms with E-state index < -0.39 is 11.6 Å². The topological polar surface area (TPSA) is 12.0 Å². The Morgan fingerprint density at radius 1 is 1.28 bits per heavy atom. The van der Waals surface area contributed by atoms with Gasteiger partial charge in [0.2, 0.25) is 0 Å². The molecule has 0 aliphatic carbocycles. The van der Waals surface area contributed by atoms with E-state index >= 15 is 0 Å². The maximum absolute atomic E-state index is 13.6. The molecule has 0 aromatic heterocycles. The first-order chi connectivity index (χ1) is 8.69. The molecule has 100 valence electrons. The lowest BCUT2D eigenvalue weighted by Crippen LogP contribution is -2.17. The summed E-state index contributed by atoms with van der Waals surface area (Å²) in [6.07, 6.45) is 7.04. The van der Waals surface area contributed by atoms with Gasteiger partial charge in [-0.25, -0.2) is 8.78 Å². The van der Waals surface area contributed by atoms with Crippen LogP contribution in [-0.2, 0) is 0 Å². The van der Waals surface area contributed by atoms with E-state index in [2.05, 4.69) is 11.9 Å². The van der Waals surface area contributed by atoms with Gasteiger partial charge in [-0.1, -0.05) is 25.0 Å². The summed E-state index contributed by atoms with van der Waals surface area (Å²) in [6, 6.07) is 3.72. The lowest BCUT2D eigenvalue weighted by molar-refractivity contribution is 0.477. The smallest absolute Gasteiger partial charge is 0.130 e. The molecule has 0 aliphatic rings. The Hall–Kier alpha value is -1.22.